The van der Waals surface area contributed by atoms with Gasteiger partial charge >= 0.3 is 39.5 Å². The van der Waals surface area contributed by atoms with E-state index in [-0.39, 0.29) is 25.7 Å². The van der Waals surface area contributed by atoms with Crippen molar-refractivity contribution in [3.05, 3.63) is 0 Å². The average molecular weight is 1450 g/mol. The molecule has 19 heteroatoms. The lowest BCUT2D eigenvalue weighted by atomic mass is 10.0. The number of carbonyl (C=O) groups excluding carboxylic acids is 4. The second kappa shape index (κ2) is 70.4. The molecule has 0 heterocycles. The first kappa shape index (κ1) is 97.1. The van der Waals surface area contributed by atoms with Gasteiger partial charge in [0.1, 0.15) is 19.3 Å². The molecule has 0 aromatic carbocycles. The van der Waals surface area contributed by atoms with E-state index < -0.39 is 97.5 Å². The molecule has 17 nitrogen and oxygen atoms in total. The first-order valence-electron chi connectivity index (χ1n) is 41.3. The van der Waals surface area contributed by atoms with E-state index in [9.17, 15) is 43.2 Å². The largest absolute Gasteiger partial charge is 0.472 e. The lowest BCUT2D eigenvalue weighted by molar-refractivity contribution is -0.161. The topological polar surface area (TPSA) is 237 Å². The monoisotopic (exact) mass is 1450 g/mol. The van der Waals surface area contributed by atoms with Gasteiger partial charge in [-0.3, -0.25) is 37.3 Å². The summed E-state index contributed by atoms with van der Waals surface area (Å²) in [6.07, 6.45) is 58.2. The molecule has 0 aliphatic heterocycles. The van der Waals surface area contributed by atoms with Crippen molar-refractivity contribution in [2.75, 3.05) is 39.6 Å². The van der Waals surface area contributed by atoms with Crippen molar-refractivity contribution < 1.29 is 80.2 Å². The molecule has 99 heavy (non-hydrogen) atoms. The van der Waals surface area contributed by atoms with Crippen LogP contribution in [-0.2, 0) is 65.4 Å². The molecule has 0 rings (SSSR count). The van der Waals surface area contributed by atoms with Crippen molar-refractivity contribution in [3.8, 4) is 0 Å². The molecule has 5 atom stereocenters. The Morgan fingerprint density at radius 1 is 0.273 bits per heavy atom. The minimum absolute atomic E-state index is 0.106. The van der Waals surface area contributed by atoms with Crippen LogP contribution in [0.3, 0.4) is 0 Å². The van der Waals surface area contributed by atoms with Gasteiger partial charge in [-0.05, 0) is 43.4 Å². The van der Waals surface area contributed by atoms with Crippen molar-refractivity contribution >= 4 is 39.5 Å². The van der Waals surface area contributed by atoms with Crippen LogP contribution in [-0.4, -0.2) is 96.7 Å². The van der Waals surface area contributed by atoms with Crippen molar-refractivity contribution in [3.63, 3.8) is 0 Å². The standard InChI is InChI=1S/C80H156O17P2/c1-8-9-10-11-12-13-14-15-18-22-27-32-40-47-54-61-77(82)90-67-75(96-79(84)63-56-49-42-33-28-23-20-17-16-19-21-25-30-37-44-51-58-71(2)3)69-94-98(86,87)92-65-74(81)66-93-99(88,89)95-70-76(68-91-78(83)62-55-48-41-36-35-39-46-53-60-73(6)7)97-80(85)64-57-50-43-34-29-24-26-31-38-45-52-59-72(4)5/h71-76,81H,8-70H2,1-7H3,(H,86,87)(H,88,89)/t74-,75-,76-/m1/s1. The first-order valence-corrected chi connectivity index (χ1v) is 44.3. The van der Waals surface area contributed by atoms with Gasteiger partial charge in [0.25, 0.3) is 0 Å². The second-order valence-corrected chi connectivity index (χ2v) is 33.1. The molecule has 0 aromatic rings. The van der Waals surface area contributed by atoms with E-state index >= 15 is 0 Å². The number of aliphatic hydroxyl groups excluding tert-OH is 1. The molecule has 0 aromatic heterocycles. The van der Waals surface area contributed by atoms with Crippen molar-refractivity contribution in [2.24, 2.45) is 17.8 Å². The number of phosphoric ester groups is 2. The molecule has 0 amide bonds. The zero-order chi connectivity index (χ0) is 73.0. The summed E-state index contributed by atoms with van der Waals surface area (Å²) in [5.41, 5.74) is 0. The fourth-order valence-electron chi connectivity index (χ4n) is 12.3. The maximum atomic E-state index is 13.1. The maximum Gasteiger partial charge on any atom is 0.472 e. The summed E-state index contributed by atoms with van der Waals surface area (Å²) in [6.45, 7) is 11.9. The Morgan fingerprint density at radius 3 is 0.687 bits per heavy atom. The molecule has 0 aliphatic carbocycles. The molecule has 3 N–H and O–H groups in total. The van der Waals surface area contributed by atoms with E-state index in [1.54, 1.807) is 0 Å². The molecule has 0 bridgehead atoms. The first-order chi connectivity index (χ1) is 47.7. The number of ether oxygens (including phenoxy) is 4. The van der Waals surface area contributed by atoms with Gasteiger partial charge in [-0.2, -0.15) is 0 Å². The molecular formula is C80H156O17P2. The Morgan fingerprint density at radius 2 is 0.465 bits per heavy atom. The molecule has 0 radical (unpaired) electrons. The SMILES string of the molecule is CCCCCCCCCCCCCCCCCC(=O)OC[C@H](COP(=O)(O)OC[C@@H](O)COP(=O)(O)OC[C@@H](COC(=O)CCCCCCCCCCC(C)C)OC(=O)CCCCCCCCCCCCCC(C)C)OC(=O)CCCCCCCCCCCCCCCCCCC(C)C. The summed E-state index contributed by atoms with van der Waals surface area (Å²) in [5.74, 6) is 0.189. The van der Waals surface area contributed by atoms with Gasteiger partial charge in [0, 0.05) is 25.7 Å². The van der Waals surface area contributed by atoms with Gasteiger partial charge < -0.3 is 33.8 Å². The van der Waals surface area contributed by atoms with E-state index in [2.05, 4.69) is 48.5 Å². The van der Waals surface area contributed by atoms with Gasteiger partial charge in [-0.15, -0.1) is 0 Å². The summed E-state index contributed by atoms with van der Waals surface area (Å²) in [5, 5.41) is 10.6. The predicted molar refractivity (Wildman–Crippen MR) is 405 cm³/mol. The minimum Gasteiger partial charge on any atom is -0.462 e. The van der Waals surface area contributed by atoms with Crippen LogP contribution in [0.25, 0.3) is 0 Å². The third kappa shape index (κ3) is 74.1. The number of hydrogen-bond donors (Lipinski definition) is 3. The summed E-state index contributed by atoms with van der Waals surface area (Å²) in [7, 11) is -9.92. The highest BCUT2D eigenvalue weighted by molar-refractivity contribution is 7.47. The number of hydrogen-bond acceptors (Lipinski definition) is 15. The Labute approximate surface area is 607 Å². The van der Waals surface area contributed by atoms with Crippen LogP contribution in [0.1, 0.15) is 414 Å². The number of esters is 4. The zero-order valence-corrected chi connectivity index (χ0v) is 66.8. The van der Waals surface area contributed by atoms with Crippen molar-refractivity contribution in [1.29, 1.82) is 0 Å². The smallest absolute Gasteiger partial charge is 0.462 e. The highest BCUT2D eigenvalue weighted by Crippen LogP contribution is 2.45. The number of rotatable bonds is 78. The van der Waals surface area contributed by atoms with Gasteiger partial charge in [0.2, 0.25) is 0 Å². The molecular weight excluding hydrogens is 1290 g/mol. The van der Waals surface area contributed by atoms with Gasteiger partial charge in [-0.1, -0.05) is 363 Å². The van der Waals surface area contributed by atoms with Gasteiger partial charge in [-0.25, -0.2) is 9.13 Å². The van der Waals surface area contributed by atoms with Crippen LogP contribution in [0.4, 0.5) is 0 Å². The summed E-state index contributed by atoms with van der Waals surface area (Å²) in [6, 6.07) is 0. The zero-order valence-electron chi connectivity index (χ0n) is 65.0. The second-order valence-electron chi connectivity index (χ2n) is 30.2. The van der Waals surface area contributed by atoms with Crippen molar-refractivity contribution in [2.45, 2.75) is 433 Å². The van der Waals surface area contributed by atoms with Crippen LogP contribution >= 0.6 is 15.6 Å². The van der Waals surface area contributed by atoms with E-state index in [1.807, 2.05) is 0 Å². The number of aliphatic hydroxyl groups is 1. The van der Waals surface area contributed by atoms with Crippen LogP contribution in [0.2, 0.25) is 0 Å². The summed E-state index contributed by atoms with van der Waals surface area (Å²) >= 11 is 0. The molecule has 0 fully saturated rings. The molecule has 0 spiro atoms. The molecule has 0 saturated heterocycles. The van der Waals surface area contributed by atoms with E-state index in [0.29, 0.717) is 25.7 Å². The third-order valence-corrected chi connectivity index (χ3v) is 20.5. The third-order valence-electron chi connectivity index (χ3n) is 18.6. The summed E-state index contributed by atoms with van der Waals surface area (Å²) in [4.78, 5) is 73.0. The number of phosphoric acid groups is 2. The quantitative estimate of drug-likeness (QED) is 0.0222. The highest BCUT2D eigenvalue weighted by atomic mass is 31.2. The Bertz CT molecular complexity index is 1920. The van der Waals surface area contributed by atoms with E-state index in [0.717, 1.165) is 108 Å². The van der Waals surface area contributed by atoms with E-state index in [4.69, 9.17) is 37.0 Å². The van der Waals surface area contributed by atoms with Crippen LogP contribution in [0.15, 0.2) is 0 Å². The predicted octanol–water partition coefficient (Wildman–Crippen LogP) is 23.7. The van der Waals surface area contributed by atoms with Crippen LogP contribution in [0, 0.1) is 17.8 Å². The Balaban J connectivity index is 5.25. The average Bonchev–Trinajstić information content (AvgIpc) is 1.43. The normalized spacial score (nSPS) is 14.0. The van der Waals surface area contributed by atoms with Crippen molar-refractivity contribution in [1.82, 2.24) is 0 Å². The lowest BCUT2D eigenvalue weighted by Crippen LogP contribution is -2.30. The van der Waals surface area contributed by atoms with Gasteiger partial charge in [0.15, 0.2) is 12.2 Å². The fraction of sp³-hybridized carbons (Fsp3) is 0.950. The van der Waals surface area contributed by atoms with E-state index in [1.165, 1.54) is 225 Å². The van der Waals surface area contributed by atoms with Gasteiger partial charge in [0.05, 0.1) is 26.4 Å². The number of unbranched alkanes of at least 4 members (excludes halogenated alkanes) is 46. The summed E-state index contributed by atoms with van der Waals surface area (Å²) < 4.78 is 68.7. The maximum absolute atomic E-state index is 13.1. The molecule has 588 valence electrons. The molecule has 2 unspecified atom stereocenters. The molecule has 0 saturated carbocycles. The highest BCUT2D eigenvalue weighted by Gasteiger charge is 2.30. The minimum atomic E-state index is -4.96. The number of carbonyl (C=O) groups is 4. The molecule has 0 aliphatic rings. The fourth-order valence-corrected chi connectivity index (χ4v) is 13.9. The Hall–Kier alpha value is -1.94. The lowest BCUT2D eigenvalue weighted by Gasteiger charge is -2.21. The Kier molecular flexibility index (Phi) is 69.0. The van der Waals surface area contributed by atoms with Crippen LogP contribution < -0.4 is 0 Å². The van der Waals surface area contributed by atoms with Crippen LogP contribution in [0.5, 0.6) is 0 Å².